The van der Waals surface area contributed by atoms with Gasteiger partial charge < -0.3 is 9.88 Å². The van der Waals surface area contributed by atoms with Gasteiger partial charge in [0.25, 0.3) is 5.91 Å². The molecule has 140 valence electrons. The molecule has 1 N–H and O–H groups in total. The van der Waals surface area contributed by atoms with Crippen LogP contribution in [-0.2, 0) is 12.8 Å². The first-order chi connectivity index (χ1) is 13.0. The molecule has 3 aromatic rings. The Morgan fingerprint density at radius 1 is 1.15 bits per heavy atom. The van der Waals surface area contributed by atoms with Crippen LogP contribution in [0.4, 0.5) is 0 Å². The lowest BCUT2D eigenvalue weighted by Gasteiger charge is -2.13. The second-order valence-electron chi connectivity index (χ2n) is 5.98. The highest BCUT2D eigenvalue weighted by Gasteiger charge is 2.18. The minimum Gasteiger partial charge on any atom is -0.342 e. The van der Waals surface area contributed by atoms with E-state index in [1.165, 1.54) is 0 Å². The molecular formula is C19H18Cl2N4OS. The van der Waals surface area contributed by atoms with Crippen LogP contribution in [0, 0.1) is 0 Å². The SMILES string of the molecule is C[C@@H](NC(=O)c1ccc(Cl)cc1)c1nnc(SCc2ccccc2Cl)n1C. The summed E-state index contributed by atoms with van der Waals surface area (Å²) < 4.78 is 1.88. The molecule has 0 fully saturated rings. The summed E-state index contributed by atoms with van der Waals surface area (Å²) >= 11 is 13.6. The van der Waals surface area contributed by atoms with Gasteiger partial charge in [0.2, 0.25) is 0 Å². The summed E-state index contributed by atoms with van der Waals surface area (Å²) in [5.41, 5.74) is 1.58. The molecular weight excluding hydrogens is 403 g/mol. The minimum absolute atomic E-state index is 0.188. The first-order valence-corrected chi connectivity index (χ1v) is 10.0. The van der Waals surface area contributed by atoms with E-state index >= 15 is 0 Å². The number of carbonyl (C=O) groups is 1. The smallest absolute Gasteiger partial charge is 0.251 e. The lowest BCUT2D eigenvalue weighted by atomic mass is 10.2. The van der Waals surface area contributed by atoms with Crippen LogP contribution in [0.1, 0.15) is 34.7 Å². The van der Waals surface area contributed by atoms with Crippen molar-refractivity contribution in [1.29, 1.82) is 0 Å². The predicted molar refractivity (Wildman–Crippen MR) is 109 cm³/mol. The van der Waals surface area contributed by atoms with Crippen LogP contribution in [0.25, 0.3) is 0 Å². The Kier molecular flexibility index (Phi) is 6.42. The van der Waals surface area contributed by atoms with E-state index in [-0.39, 0.29) is 11.9 Å². The average Bonchev–Trinajstić information content (AvgIpc) is 3.02. The molecule has 3 rings (SSSR count). The Balaban J connectivity index is 1.66. The number of hydrogen-bond donors (Lipinski definition) is 1. The number of rotatable bonds is 6. The Hall–Kier alpha value is -2.02. The third-order valence-corrected chi connectivity index (χ3v) is 5.71. The number of benzene rings is 2. The van der Waals surface area contributed by atoms with E-state index in [1.54, 1.807) is 36.0 Å². The molecule has 0 saturated carbocycles. The van der Waals surface area contributed by atoms with Gasteiger partial charge >= 0.3 is 0 Å². The molecule has 0 aliphatic carbocycles. The van der Waals surface area contributed by atoms with Crippen molar-refractivity contribution >= 4 is 40.9 Å². The van der Waals surface area contributed by atoms with Gasteiger partial charge in [-0.15, -0.1) is 10.2 Å². The highest BCUT2D eigenvalue weighted by atomic mass is 35.5. The van der Waals surface area contributed by atoms with Crippen molar-refractivity contribution in [3.8, 4) is 0 Å². The van der Waals surface area contributed by atoms with Gasteiger partial charge in [-0.1, -0.05) is 53.2 Å². The molecule has 1 heterocycles. The molecule has 27 heavy (non-hydrogen) atoms. The third-order valence-electron chi connectivity index (χ3n) is 4.02. The maximum Gasteiger partial charge on any atom is 0.251 e. The monoisotopic (exact) mass is 420 g/mol. The minimum atomic E-state index is -0.291. The van der Waals surface area contributed by atoms with Crippen molar-refractivity contribution in [1.82, 2.24) is 20.1 Å². The molecule has 0 spiro atoms. The van der Waals surface area contributed by atoms with Gasteiger partial charge in [0.15, 0.2) is 11.0 Å². The number of carbonyl (C=O) groups excluding carboxylic acids is 1. The normalized spacial score (nSPS) is 12.0. The topological polar surface area (TPSA) is 59.8 Å². The molecule has 0 saturated heterocycles. The van der Waals surface area contributed by atoms with Crippen molar-refractivity contribution in [3.05, 3.63) is 75.5 Å². The maximum atomic E-state index is 12.4. The Morgan fingerprint density at radius 2 is 1.85 bits per heavy atom. The summed E-state index contributed by atoms with van der Waals surface area (Å²) in [7, 11) is 1.88. The molecule has 0 aliphatic rings. The van der Waals surface area contributed by atoms with Gasteiger partial charge in [-0.05, 0) is 42.8 Å². The van der Waals surface area contributed by atoms with Crippen molar-refractivity contribution < 1.29 is 4.79 Å². The van der Waals surface area contributed by atoms with Crippen molar-refractivity contribution in [3.63, 3.8) is 0 Å². The molecule has 1 amide bonds. The summed E-state index contributed by atoms with van der Waals surface area (Å²) in [5, 5.41) is 13.5. The number of aromatic nitrogens is 3. The molecule has 1 atom stereocenters. The molecule has 5 nitrogen and oxygen atoms in total. The van der Waals surface area contributed by atoms with Crippen LogP contribution in [0.2, 0.25) is 10.0 Å². The van der Waals surface area contributed by atoms with Gasteiger partial charge in [0.05, 0.1) is 6.04 Å². The van der Waals surface area contributed by atoms with E-state index < -0.39 is 0 Å². The van der Waals surface area contributed by atoms with Crippen LogP contribution in [0.3, 0.4) is 0 Å². The van der Waals surface area contributed by atoms with Crippen LogP contribution >= 0.6 is 35.0 Å². The van der Waals surface area contributed by atoms with E-state index in [4.69, 9.17) is 23.2 Å². The Bertz CT molecular complexity index is 943. The standard InChI is InChI=1S/C19H18Cl2N4OS/c1-12(22-18(26)13-7-9-15(20)10-8-13)17-23-24-19(25(17)2)27-11-14-5-3-4-6-16(14)21/h3-10,12H,11H2,1-2H3,(H,22,26)/t12-/m1/s1. The summed E-state index contributed by atoms with van der Waals surface area (Å²) in [4.78, 5) is 12.4. The highest BCUT2D eigenvalue weighted by Crippen LogP contribution is 2.26. The maximum absolute atomic E-state index is 12.4. The van der Waals surface area contributed by atoms with Crippen LogP contribution in [0.5, 0.6) is 0 Å². The van der Waals surface area contributed by atoms with Gasteiger partial charge in [-0.25, -0.2) is 0 Å². The predicted octanol–water partition coefficient (Wildman–Crippen LogP) is 4.91. The van der Waals surface area contributed by atoms with Crippen molar-refractivity contribution in [2.75, 3.05) is 0 Å². The Morgan fingerprint density at radius 3 is 2.56 bits per heavy atom. The van der Waals surface area contributed by atoms with Crippen molar-refractivity contribution in [2.45, 2.75) is 23.9 Å². The van der Waals surface area contributed by atoms with Crippen LogP contribution in [-0.4, -0.2) is 20.7 Å². The number of hydrogen-bond acceptors (Lipinski definition) is 4. The number of thioether (sulfide) groups is 1. The van der Waals surface area contributed by atoms with E-state index in [9.17, 15) is 4.79 Å². The summed E-state index contributed by atoms with van der Waals surface area (Å²) in [6.07, 6.45) is 0. The summed E-state index contributed by atoms with van der Waals surface area (Å²) in [5.74, 6) is 1.18. The third kappa shape index (κ3) is 4.83. The largest absolute Gasteiger partial charge is 0.342 e. The number of halogens is 2. The lowest BCUT2D eigenvalue weighted by molar-refractivity contribution is 0.0937. The first kappa shape index (κ1) is 19.7. The fourth-order valence-corrected chi connectivity index (χ4v) is 3.86. The number of amides is 1. The molecule has 0 radical (unpaired) electrons. The number of nitrogens with zero attached hydrogens (tertiary/aromatic N) is 3. The first-order valence-electron chi connectivity index (χ1n) is 8.27. The quantitative estimate of drug-likeness (QED) is 0.575. The van der Waals surface area contributed by atoms with Crippen LogP contribution < -0.4 is 5.32 Å². The molecule has 0 aliphatic heterocycles. The van der Waals surface area contributed by atoms with Gasteiger partial charge in [-0.3, -0.25) is 4.79 Å². The fourth-order valence-electron chi connectivity index (χ4n) is 2.53. The highest BCUT2D eigenvalue weighted by molar-refractivity contribution is 7.98. The zero-order valence-corrected chi connectivity index (χ0v) is 17.1. The van der Waals surface area contributed by atoms with E-state index in [0.29, 0.717) is 22.2 Å². The number of nitrogens with one attached hydrogen (secondary N) is 1. The van der Waals surface area contributed by atoms with E-state index in [1.807, 2.05) is 42.8 Å². The molecule has 0 bridgehead atoms. The second-order valence-corrected chi connectivity index (χ2v) is 7.77. The molecule has 2 aromatic carbocycles. The van der Waals surface area contributed by atoms with Gasteiger partial charge in [0, 0.05) is 28.4 Å². The van der Waals surface area contributed by atoms with E-state index in [2.05, 4.69) is 15.5 Å². The fraction of sp³-hybridized carbons (Fsp3) is 0.211. The second kappa shape index (κ2) is 8.78. The van der Waals surface area contributed by atoms with Crippen molar-refractivity contribution in [2.24, 2.45) is 7.05 Å². The molecule has 8 heteroatoms. The van der Waals surface area contributed by atoms with Crippen LogP contribution in [0.15, 0.2) is 53.7 Å². The summed E-state index contributed by atoms with van der Waals surface area (Å²) in [6.45, 7) is 1.88. The lowest BCUT2D eigenvalue weighted by Crippen LogP contribution is -2.28. The molecule has 1 aromatic heterocycles. The Labute approximate surface area is 172 Å². The molecule has 0 unspecified atom stereocenters. The van der Waals surface area contributed by atoms with E-state index in [0.717, 1.165) is 15.7 Å². The zero-order valence-electron chi connectivity index (χ0n) is 14.8. The van der Waals surface area contributed by atoms with Gasteiger partial charge in [-0.2, -0.15) is 0 Å². The van der Waals surface area contributed by atoms with Gasteiger partial charge in [0.1, 0.15) is 0 Å². The average molecular weight is 421 g/mol. The zero-order chi connectivity index (χ0) is 19.4. The summed E-state index contributed by atoms with van der Waals surface area (Å²) in [6, 6.07) is 14.2.